The molecule has 1 fully saturated rings. The van der Waals surface area contributed by atoms with Crippen molar-refractivity contribution in [2.45, 2.75) is 26.9 Å². The largest absolute Gasteiger partial charge is 0.454 e. The van der Waals surface area contributed by atoms with Crippen molar-refractivity contribution in [2.75, 3.05) is 5.75 Å². The summed E-state index contributed by atoms with van der Waals surface area (Å²) in [7, 11) is 0. The number of carbonyl (C=O) groups excluding carboxylic acids is 2. The van der Waals surface area contributed by atoms with Crippen LogP contribution in [-0.4, -0.2) is 16.8 Å². The summed E-state index contributed by atoms with van der Waals surface area (Å²) < 4.78 is 25.3. The van der Waals surface area contributed by atoms with Gasteiger partial charge in [0.25, 0.3) is 0 Å². The standard InChI is InChI=1S/C25H24FNO4S/c1-4-32-22(28)13-11-18-23(25(18,2)3)24(29)31-21(15-27)16-10-12-19(26)20(14-16)30-17-8-6-5-7-9-17/h5-14,18,21,23H,4H2,1-3H3/t18-,21?,23-/m0/s1. The van der Waals surface area contributed by atoms with Crippen molar-refractivity contribution in [3.05, 3.63) is 72.1 Å². The molecule has 0 spiro atoms. The minimum Gasteiger partial charge on any atom is -0.454 e. The van der Waals surface area contributed by atoms with E-state index in [1.165, 1.54) is 36.0 Å². The highest BCUT2D eigenvalue weighted by Crippen LogP contribution is 2.59. The number of esters is 1. The molecule has 1 unspecified atom stereocenters. The van der Waals surface area contributed by atoms with E-state index in [2.05, 4.69) is 0 Å². The molecule has 1 saturated carbocycles. The number of hydrogen-bond donors (Lipinski definition) is 0. The lowest BCUT2D eigenvalue weighted by Gasteiger charge is -2.14. The highest BCUT2D eigenvalue weighted by Gasteiger charge is 2.61. The number of nitrogens with zero attached hydrogens (tertiary/aromatic N) is 1. The Morgan fingerprint density at radius 1 is 1.25 bits per heavy atom. The Balaban J connectivity index is 1.71. The third-order valence-corrected chi connectivity index (χ3v) is 6.18. The van der Waals surface area contributed by atoms with E-state index < -0.39 is 23.8 Å². The van der Waals surface area contributed by atoms with Gasteiger partial charge in [0.05, 0.1) is 5.92 Å². The SMILES string of the molecule is CCSC(=O)C=C[C@H]1[C@@H](C(=O)OC(C#N)c2ccc(F)c(Oc3ccccc3)c2)C1(C)C. The summed E-state index contributed by atoms with van der Waals surface area (Å²) >= 11 is 1.20. The number of para-hydroxylation sites is 1. The molecule has 0 radical (unpaired) electrons. The molecule has 0 amide bonds. The fourth-order valence-corrected chi connectivity index (χ4v) is 4.05. The second-order valence-electron chi connectivity index (χ2n) is 7.99. The van der Waals surface area contributed by atoms with Gasteiger partial charge >= 0.3 is 5.97 Å². The Kier molecular flexibility index (Phi) is 7.37. The van der Waals surface area contributed by atoms with Gasteiger partial charge in [-0.3, -0.25) is 9.59 Å². The molecule has 3 rings (SSSR count). The van der Waals surface area contributed by atoms with Crippen molar-refractivity contribution in [3.8, 4) is 17.6 Å². The van der Waals surface area contributed by atoms with Crippen LogP contribution in [0, 0.1) is 34.4 Å². The summed E-state index contributed by atoms with van der Waals surface area (Å²) in [6.07, 6.45) is 2.02. The Hall–Kier alpha value is -3.11. The quantitative estimate of drug-likeness (QED) is 0.369. The summed E-state index contributed by atoms with van der Waals surface area (Å²) in [6.45, 7) is 5.72. The Morgan fingerprint density at radius 2 is 1.97 bits per heavy atom. The fourth-order valence-electron chi connectivity index (χ4n) is 3.59. The summed E-state index contributed by atoms with van der Waals surface area (Å²) in [5.74, 6) is -0.676. The Labute approximate surface area is 191 Å². The van der Waals surface area contributed by atoms with Crippen molar-refractivity contribution in [1.82, 2.24) is 0 Å². The van der Waals surface area contributed by atoms with Gasteiger partial charge in [-0.2, -0.15) is 5.26 Å². The molecular formula is C25H24FNO4S. The molecule has 0 heterocycles. The number of thioether (sulfide) groups is 1. The van der Waals surface area contributed by atoms with Crippen LogP contribution in [0.4, 0.5) is 4.39 Å². The first-order valence-electron chi connectivity index (χ1n) is 10.2. The summed E-state index contributed by atoms with van der Waals surface area (Å²) in [5, 5.41) is 9.53. The number of nitriles is 1. The van der Waals surface area contributed by atoms with E-state index in [4.69, 9.17) is 9.47 Å². The monoisotopic (exact) mass is 453 g/mol. The Bertz CT molecular complexity index is 1060. The minimum absolute atomic E-state index is 0.0607. The predicted molar refractivity (Wildman–Crippen MR) is 120 cm³/mol. The maximum atomic E-state index is 14.2. The molecule has 1 aliphatic carbocycles. The molecule has 0 N–H and O–H groups in total. The van der Waals surface area contributed by atoms with Gasteiger partial charge in [-0.1, -0.05) is 62.9 Å². The van der Waals surface area contributed by atoms with Crippen LogP contribution in [0.1, 0.15) is 32.4 Å². The van der Waals surface area contributed by atoms with Crippen LogP contribution in [0.3, 0.4) is 0 Å². The zero-order chi connectivity index (χ0) is 23.3. The summed E-state index contributed by atoms with van der Waals surface area (Å²) in [5.41, 5.74) is -0.0666. The number of allylic oxidation sites excluding steroid dienone is 1. The van der Waals surface area contributed by atoms with E-state index in [1.807, 2.05) is 32.9 Å². The van der Waals surface area contributed by atoms with Crippen LogP contribution in [0.25, 0.3) is 0 Å². The van der Waals surface area contributed by atoms with Gasteiger partial charge in [0.1, 0.15) is 11.8 Å². The smallest absolute Gasteiger partial charge is 0.311 e. The third-order valence-electron chi connectivity index (χ3n) is 5.47. The highest BCUT2D eigenvalue weighted by molar-refractivity contribution is 8.14. The first-order chi connectivity index (χ1) is 15.3. The summed E-state index contributed by atoms with van der Waals surface area (Å²) in [6, 6.07) is 14.6. The number of benzene rings is 2. The second-order valence-corrected chi connectivity index (χ2v) is 9.26. The van der Waals surface area contributed by atoms with E-state index in [0.29, 0.717) is 17.1 Å². The van der Waals surface area contributed by atoms with Gasteiger partial charge in [0, 0.05) is 5.56 Å². The van der Waals surface area contributed by atoms with Crippen molar-refractivity contribution in [1.29, 1.82) is 5.26 Å². The number of ether oxygens (including phenoxy) is 2. The first-order valence-corrected chi connectivity index (χ1v) is 11.2. The van der Waals surface area contributed by atoms with Gasteiger partial charge < -0.3 is 9.47 Å². The first kappa shape index (κ1) is 23.6. The molecule has 3 atom stereocenters. The molecule has 1 aliphatic rings. The van der Waals surface area contributed by atoms with Gasteiger partial charge in [0.15, 0.2) is 11.6 Å². The predicted octanol–water partition coefficient (Wildman–Crippen LogP) is 5.83. The summed E-state index contributed by atoms with van der Waals surface area (Å²) in [4.78, 5) is 24.5. The van der Waals surface area contributed by atoms with E-state index in [9.17, 15) is 19.2 Å². The number of hydrogen-bond acceptors (Lipinski definition) is 6. The van der Waals surface area contributed by atoms with Crippen molar-refractivity contribution < 1.29 is 23.5 Å². The molecule has 0 bridgehead atoms. The molecule has 166 valence electrons. The van der Waals surface area contributed by atoms with Crippen molar-refractivity contribution in [2.24, 2.45) is 17.3 Å². The van der Waals surface area contributed by atoms with E-state index in [0.717, 1.165) is 0 Å². The maximum absolute atomic E-state index is 14.2. The molecule has 0 saturated heterocycles. The normalized spacial score (nSPS) is 19.7. The third kappa shape index (κ3) is 5.38. The average Bonchev–Trinajstić information content (AvgIpc) is 3.33. The number of halogens is 1. The van der Waals surface area contributed by atoms with E-state index in [1.54, 1.807) is 30.3 Å². The van der Waals surface area contributed by atoms with Crippen LogP contribution in [0.5, 0.6) is 11.5 Å². The van der Waals surface area contributed by atoms with Crippen molar-refractivity contribution >= 4 is 22.8 Å². The van der Waals surface area contributed by atoms with E-state index >= 15 is 0 Å². The number of carbonyl (C=O) groups is 2. The van der Waals surface area contributed by atoms with Crippen molar-refractivity contribution in [3.63, 3.8) is 0 Å². The molecule has 32 heavy (non-hydrogen) atoms. The molecule has 2 aromatic carbocycles. The molecule has 5 nitrogen and oxygen atoms in total. The van der Waals surface area contributed by atoms with Crippen LogP contribution >= 0.6 is 11.8 Å². The molecule has 0 aromatic heterocycles. The lowest BCUT2D eigenvalue weighted by atomic mass is 10.1. The fraction of sp³-hybridized carbons (Fsp3) is 0.320. The lowest BCUT2D eigenvalue weighted by Crippen LogP contribution is -2.14. The van der Waals surface area contributed by atoms with Gasteiger partial charge in [0.2, 0.25) is 11.2 Å². The zero-order valence-electron chi connectivity index (χ0n) is 18.1. The van der Waals surface area contributed by atoms with Crippen LogP contribution < -0.4 is 4.74 Å². The number of rotatable bonds is 8. The topological polar surface area (TPSA) is 76.4 Å². The molecule has 0 aliphatic heterocycles. The minimum atomic E-state index is -1.21. The average molecular weight is 454 g/mol. The van der Waals surface area contributed by atoms with Crippen LogP contribution in [0.15, 0.2) is 60.7 Å². The van der Waals surface area contributed by atoms with Gasteiger partial charge in [-0.25, -0.2) is 4.39 Å². The highest BCUT2D eigenvalue weighted by atomic mass is 32.2. The van der Waals surface area contributed by atoms with Gasteiger partial charge in [-0.05, 0) is 47.4 Å². The Morgan fingerprint density at radius 3 is 2.62 bits per heavy atom. The second kappa shape index (κ2) is 10.0. The molecule has 2 aromatic rings. The van der Waals surface area contributed by atoms with Crippen LogP contribution in [0.2, 0.25) is 0 Å². The molecular weight excluding hydrogens is 429 g/mol. The van der Waals surface area contributed by atoms with E-state index in [-0.39, 0.29) is 22.2 Å². The maximum Gasteiger partial charge on any atom is 0.311 e. The van der Waals surface area contributed by atoms with Crippen LogP contribution in [-0.2, 0) is 14.3 Å². The zero-order valence-corrected chi connectivity index (χ0v) is 18.9. The lowest BCUT2D eigenvalue weighted by molar-refractivity contribution is -0.149. The molecule has 7 heteroatoms. The van der Waals surface area contributed by atoms with Gasteiger partial charge in [-0.15, -0.1) is 0 Å².